The van der Waals surface area contributed by atoms with Crippen molar-refractivity contribution in [2.24, 2.45) is 0 Å². The highest BCUT2D eigenvalue weighted by atomic mass is 16.4. The van der Waals surface area contributed by atoms with Crippen molar-refractivity contribution < 1.29 is 9.90 Å². The van der Waals surface area contributed by atoms with Crippen LogP contribution in [0.5, 0.6) is 0 Å². The van der Waals surface area contributed by atoms with Crippen LogP contribution in [-0.4, -0.2) is 11.1 Å². The Bertz CT molecular complexity index is 854. The Morgan fingerprint density at radius 3 is 2.29 bits per heavy atom. The van der Waals surface area contributed by atoms with Gasteiger partial charge in [0, 0.05) is 5.39 Å². The normalized spacial score (nSPS) is 12.0. The molecular formula is C19H18O2. The highest BCUT2D eigenvalue weighted by Crippen LogP contribution is 2.38. The number of carbonyl (C=O) groups is 1. The first-order valence-electron chi connectivity index (χ1n) is 7.08. The molecule has 2 nitrogen and oxygen atoms in total. The quantitative estimate of drug-likeness (QED) is 0.637. The van der Waals surface area contributed by atoms with E-state index in [4.69, 9.17) is 0 Å². The second kappa shape index (κ2) is 4.59. The summed E-state index contributed by atoms with van der Waals surface area (Å²) in [5.41, 5.74) is 1.35. The highest BCUT2D eigenvalue weighted by molar-refractivity contribution is 6.11. The fourth-order valence-electron chi connectivity index (χ4n) is 3.08. The summed E-state index contributed by atoms with van der Waals surface area (Å²) in [5, 5.41) is 13.7. The zero-order valence-corrected chi connectivity index (χ0v) is 12.5. The molecule has 3 aromatic carbocycles. The minimum absolute atomic E-state index is 0.134. The Balaban J connectivity index is 2.63. The first-order valence-corrected chi connectivity index (χ1v) is 7.08. The number of carboxylic acid groups (broad SMARTS) is 1. The maximum atomic E-state index is 11.6. The SMILES string of the molecule is CC(C)(C)c1c2ccccc2cc2cccc(C(=O)O)c12. The van der Waals surface area contributed by atoms with E-state index < -0.39 is 5.97 Å². The summed E-state index contributed by atoms with van der Waals surface area (Å²) < 4.78 is 0. The number of fused-ring (bicyclic) bond motifs is 2. The Morgan fingerprint density at radius 2 is 1.62 bits per heavy atom. The third-order valence-corrected chi connectivity index (χ3v) is 3.87. The maximum Gasteiger partial charge on any atom is 0.336 e. The lowest BCUT2D eigenvalue weighted by Gasteiger charge is -2.25. The predicted molar refractivity (Wildman–Crippen MR) is 87.1 cm³/mol. The van der Waals surface area contributed by atoms with Gasteiger partial charge in [-0.05, 0) is 39.3 Å². The van der Waals surface area contributed by atoms with E-state index in [1.807, 2.05) is 24.3 Å². The molecule has 0 unspecified atom stereocenters. The zero-order chi connectivity index (χ0) is 15.2. The lowest BCUT2D eigenvalue weighted by Crippen LogP contribution is -2.14. The van der Waals surface area contributed by atoms with Gasteiger partial charge in [0.05, 0.1) is 5.56 Å². The van der Waals surface area contributed by atoms with Gasteiger partial charge in [-0.1, -0.05) is 57.2 Å². The average Bonchev–Trinajstić information content (AvgIpc) is 2.42. The van der Waals surface area contributed by atoms with E-state index >= 15 is 0 Å². The molecule has 0 saturated carbocycles. The molecule has 2 heteroatoms. The van der Waals surface area contributed by atoms with E-state index in [-0.39, 0.29) is 5.41 Å². The number of rotatable bonds is 1. The summed E-state index contributed by atoms with van der Waals surface area (Å²) in [5.74, 6) is -0.874. The third-order valence-electron chi connectivity index (χ3n) is 3.87. The molecule has 0 amide bonds. The number of carboxylic acids is 1. The largest absolute Gasteiger partial charge is 0.478 e. The second-order valence-electron chi connectivity index (χ2n) is 6.43. The topological polar surface area (TPSA) is 37.3 Å². The highest BCUT2D eigenvalue weighted by Gasteiger charge is 2.23. The van der Waals surface area contributed by atoms with Gasteiger partial charge < -0.3 is 5.11 Å². The molecule has 3 rings (SSSR count). The van der Waals surface area contributed by atoms with E-state index in [9.17, 15) is 9.90 Å². The van der Waals surface area contributed by atoms with Gasteiger partial charge in [0.15, 0.2) is 0 Å². The molecule has 21 heavy (non-hydrogen) atoms. The van der Waals surface area contributed by atoms with Gasteiger partial charge in [-0.2, -0.15) is 0 Å². The first-order chi connectivity index (χ1) is 9.89. The fraction of sp³-hybridized carbons (Fsp3) is 0.211. The van der Waals surface area contributed by atoms with Crippen molar-refractivity contribution in [3.05, 3.63) is 59.7 Å². The summed E-state index contributed by atoms with van der Waals surface area (Å²) in [4.78, 5) is 11.6. The molecule has 1 N–H and O–H groups in total. The Labute approximate surface area is 124 Å². The van der Waals surface area contributed by atoms with Crippen LogP contribution in [0.1, 0.15) is 36.7 Å². The van der Waals surface area contributed by atoms with Crippen LogP contribution in [0.3, 0.4) is 0 Å². The molecule has 0 fully saturated rings. The van der Waals surface area contributed by atoms with Gasteiger partial charge in [-0.25, -0.2) is 4.79 Å². The van der Waals surface area contributed by atoms with Crippen molar-refractivity contribution in [3.8, 4) is 0 Å². The fourth-order valence-corrected chi connectivity index (χ4v) is 3.08. The monoisotopic (exact) mass is 278 g/mol. The van der Waals surface area contributed by atoms with Gasteiger partial charge in [-0.15, -0.1) is 0 Å². The summed E-state index contributed by atoms with van der Waals surface area (Å²) in [7, 11) is 0. The molecule has 0 atom stereocenters. The van der Waals surface area contributed by atoms with Crippen molar-refractivity contribution in [3.63, 3.8) is 0 Å². The van der Waals surface area contributed by atoms with Crippen molar-refractivity contribution in [2.75, 3.05) is 0 Å². The third kappa shape index (κ3) is 2.17. The van der Waals surface area contributed by atoms with Gasteiger partial charge in [-0.3, -0.25) is 0 Å². The van der Waals surface area contributed by atoms with Crippen molar-refractivity contribution in [1.29, 1.82) is 0 Å². The van der Waals surface area contributed by atoms with Crippen LogP contribution in [-0.2, 0) is 5.41 Å². The molecule has 0 spiro atoms. The molecule has 0 aromatic heterocycles. The molecule has 106 valence electrons. The Morgan fingerprint density at radius 1 is 0.952 bits per heavy atom. The van der Waals surface area contributed by atoms with Crippen LogP contribution in [0.25, 0.3) is 21.5 Å². The van der Waals surface area contributed by atoms with Gasteiger partial charge in [0.1, 0.15) is 0 Å². The minimum Gasteiger partial charge on any atom is -0.478 e. The minimum atomic E-state index is -0.874. The lowest BCUT2D eigenvalue weighted by molar-refractivity contribution is 0.0699. The molecule has 0 aliphatic rings. The smallest absolute Gasteiger partial charge is 0.336 e. The number of benzene rings is 3. The molecule has 0 heterocycles. The van der Waals surface area contributed by atoms with Crippen LogP contribution < -0.4 is 0 Å². The summed E-state index contributed by atoms with van der Waals surface area (Å²) >= 11 is 0. The molecule has 3 aromatic rings. The van der Waals surface area contributed by atoms with Crippen LogP contribution in [0.4, 0.5) is 0 Å². The van der Waals surface area contributed by atoms with E-state index in [2.05, 4.69) is 39.0 Å². The summed E-state index contributed by atoms with van der Waals surface area (Å²) in [6.07, 6.45) is 0. The van der Waals surface area contributed by atoms with Gasteiger partial charge >= 0.3 is 5.97 Å². The second-order valence-corrected chi connectivity index (χ2v) is 6.43. The maximum absolute atomic E-state index is 11.6. The summed E-state index contributed by atoms with van der Waals surface area (Å²) in [6.45, 7) is 6.40. The standard InChI is InChI=1S/C19H18O2/c1-19(2,3)17-14-9-5-4-7-12(14)11-13-8-6-10-15(16(13)17)18(20)21/h4-11H,1-3H3,(H,20,21). The van der Waals surface area contributed by atoms with Crippen molar-refractivity contribution >= 4 is 27.5 Å². The predicted octanol–water partition coefficient (Wildman–Crippen LogP) is 4.99. The van der Waals surface area contributed by atoms with Crippen LogP contribution in [0.2, 0.25) is 0 Å². The zero-order valence-electron chi connectivity index (χ0n) is 12.5. The van der Waals surface area contributed by atoms with E-state index in [0.29, 0.717) is 5.56 Å². The van der Waals surface area contributed by atoms with E-state index in [1.54, 1.807) is 6.07 Å². The lowest BCUT2D eigenvalue weighted by atomic mass is 9.79. The van der Waals surface area contributed by atoms with E-state index in [1.165, 1.54) is 0 Å². The molecule has 0 bridgehead atoms. The molecular weight excluding hydrogens is 260 g/mol. The van der Waals surface area contributed by atoms with Gasteiger partial charge in [0.2, 0.25) is 0 Å². The van der Waals surface area contributed by atoms with Crippen LogP contribution in [0, 0.1) is 0 Å². The van der Waals surface area contributed by atoms with Crippen LogP contribution >= 0.6 is 0 Å². The van der Waals surface area contributed by atoms with Crippen molar-refractivity contribution in [2.45, 2.75) is 26.2 Å². The first kappa shape index (κ1) is 13.6. The molecule has 0 aliphatic carbocycles. The number of aromatic carboxylic acids is 1. The van der Waals surface area contributed by atoms with Crippen molar-refractivity contribution in [1.82, 2.24) is 0 Å². The Kier molecular flexibility index (Phi) is 2.98. The van der Waals surface area contributed by atoms with E-state index in [0.717, 1.165) is 27.1 Å². The summed E-state index contributed by atoms with van der Waals surface area (Å²) in [6, 6.07) is 15.7. The number of hydrogen-bond acceptors (Lipinski definition) is 1. The molecule has 0 saturated heterocycles. The average molecular weight is 278 g/mol. The van der Waals surface area contributed by atoms with Crippen LogP contribution in [0.15, 0.2) is 48.5 Å². The molecule has 0 radical (unpaired) electrons. The van der Waals surface area contributed by atoms with Gasteiger partial charge in [0.25, 0.3) is 0 Å². The number of hydrogen-bond donors (Lipinski definition) is 1. The Hall–Kier alpha value is -2.35. The molecule has 0 aliphatic heterocycles.